The van der Waals surface area contributed by atoms with Crippen LogP contribution < -0.4 is 16.3 Å². The molecule has 36 heavy (non-hydrogen) atoms. The predicted octanol–water partition coefficient (Wildman–Crippen LogP) is 2.64. The number of carbonyl (C=O) groups excluding carboxylic acids is 1. The predicted molar refractivity (Wildman–Crippen MR) is 135 cm³/mol. The van der Waals surface area contributed by atoms with Gasteiger partial charge in [0.1, 0.15) is 23.1 Å². The molecule has 11 nitrogen and oxygen atoms in total. The van der Waals surface area contributed by atoms with E-state index in [0.717, 1.165) is 22.0 Å². The van der Waals surface area contributed by atoms with E-state index in [-0.39, 0.29) is 12.7 Å². The van der Waals surface area contributed by atoms with Gasteiger partial charge in [0.15, 0.2) is 6.23 Å². The van der Waals surface area contributed by atoms with Crippen molar-refractivity contribution in [2.24, 2.45) is 0 Å². The fourth-order valence-electron chi connectivity index (χ4n) is 3.47. The van der Waals surface area contributed by atoms with Crippen LogP contribution in [-0.4, -0.2) is 56.5 Å². The molecule has 0 spiro atoms. The van der Waals surface area contributed by atoms with Crippen molar-refractivity contribution in [3.05, 3.63) is 63.4 Å². The number of esters is 1. The van der Waals surface area contributed by atoms with E-state index in [4.69, 9.17) is 25.6 Å². The maximum Gasteiger partial charge on any atom is 0.332 e. The first-order valence-electron chi connectivity index (χ1n) is 11.1. The van der Waals surface area contributed by atoms with E-state index in [0.29, 0.717) is 4.90 Å². The molecule has 0 aliphatic carbocycles. The lowest BCUT2D eigenvalue weighted by Gasteiger charge is -2.26. The van der Waals surface area contributed by atoms with Crippen molar-refractivity contribution in [2.75, 3.05) is 6.61 Å². The van der Waals surface area contributed by atoms with Gasteiger partial charge >= 0.3 is 18.4 Å². The van der Waals surface area contributed by atoms with Gasteiger partial charge in [-0.05, 0) is 51.2 Å². The fourth-order valence-corrected chi connectivity index (χ4v) is 7.60. The molecule has 0 bridgehead atoms. The number of rotatable bonds is 10. The lowest BCUT2D eigenvalue weighted by Crippen LogP contribution is -2.43. The average molecular weight is 562 g/mol. The topological polar surface area (TPSA) is 149 Å². The maximum atomic E-state index is 13.8. The molecule has 0 unspecified atom stereocenters. The van der Waals surface area contributed by atoms with Gasteiger partial charge < -0.3 is 19.1 Å². The standard InChI is InChI=1S/C22H29ClN3O8PS/c1-13(2)33-19(29)14(3)25-35(31,36-15-8-6-5-7-9-15)32-12-16-18(28)22(4,23)20(34-16)26-11-10-17(27)24-21(26)30/h5-11,13-14,16,18,20,28H,12H2,1-4H3,(H,25,31)(H,24,27,30)/t14-,16-,18-,20-,22-,35-/m1/s1. The summed E-state index contributed by atoms with van der Waals surface area (Å²) >= 11 is 7.44. The van der Waals surface area contributed by atoms with Crippen LogP contribution in [0.2, 0.25) is 0 Å². The highest BCUT2D eigenvalue weighted by molar-refractivity contribution is 8.56. The first-order valence-corrected chi connectivity index (χ1v) is 14.6. The van der Waals surface area contributed by atoms with Crippen molar-refractivity contribution in [2.45, 2.75) is 68.0 Å². The van der Waals surface area contributed by atoms with E-state index in [1.807, 2.05) is 0 Å². The minimum atomic E-state index is -3.81. The number of hydrogen-bond acceptors (Lipinski definition) is 9. The monoisotopic (exact) mass is 561 g/mol. The molecule has 1 aliphatic rings. The van der Waals surface area contributed by atoms with Crippen LogP contribution in [-0.2, 0) is 23.4 Å². The Hall–Kier alpha value is -1.92. The number of halogens is 1. The number of nitrogens with one attached hydrogen (secondary N) is 2. The number of nitrogens with zero attached hydrogens (tertiary/aromatic N) is 1. The van der Waals surface area contributed by atoms with Crippen LogP contribution in [0.5, 0.6) is 0 Å². The SMILES string of the molecule is CC(C)OC(=O)[C@@H](C)N[P@@](=O)(OC[C@H]1O[C@@H](n2ccc(=O)[nH]c2=O)[C@](C)(Cl)[C@@H]1O)Sc1ccccc1. The highest BCUT2D eigenvalue weighted by Gasteiger charge is 2.54. The van der Waals surface area contributed by atoms with Crippen molar-refractivity contribution >= 4 is 35.7 Å². The molecule has 198 valence electrons. The fraction of sp³-hybridized carbons (Fsp3) is 0.500. The molecule has 1 saturated heterocycles. The van der Waals surface area contributed by atoms with Crippen molar-refractivity contribution < 1.29 is 28.5 Å². The van der Waals surface area contributed by atoms with Gasteiger partial charge in [-0.15, -0.1) is 11.6 Å². The van der Waals surface area contributed by atoms with E-state index in [9.17, 15) is 24.1 Å². The molecular weight excluding hydrogens is 533 g/mol. The number of ether oxygens (including phenoxy) is 2. The average Bonchev–Trinajstić information content (AvgIpc) is 3.01. The lowest BCUT2D eigenvalue weighted by atomic mass is 10.0. The molecule has 14 heteroatoms. The van der Waals surface area contributed by atoms with E-state index in [1.54, 1.807) is 44.2 Å². The summed E-state index contributed by atoms with van der Waals surface area (Å²) in [6, 6.07) is 8.95. The Morgan fingerprint density at radius 2 is 1.97 bits per heavy atom. The van der Waals surface area contributed by atoms with Crippen LogP contribution in [0.15, 0.2) is 57.1 Å². The van der Waals surface area contributed by atoms with Gasteiger partial charge in [-0.3, -0.25) is 23.7 Å². The highest BCUT2D eigenvalue weighted by Crippen LogP contribution is 2.60. The molecule has 1 aromatic heterocycles. The van der Waals surface area contributed by atoms with Crippen LogP contribution in [0, 0.1) is 0 Å². The Morgan fingerprint density at radius 3 is 2.58 bits per heavy atom. The second kappa shape index (κ2) is 11.6. The summed E-state index contributed by atoms with van der Waals surface area (Å²) in [6.07, 6.45) is -2.72. The van der Waals surface area contributed by atoms with Crippen molar-refractivity contribution in [3.8, 4) is 0 Å². The number of aromatic nitrogens is 2. The lowest BCUT2D eigenvalue weighted by molar-refractivity contribution is -0.149. The number of alkyl halides is 1. The first-order chi connectivity index (χ1) is 16.8. The Kier molecular flexibility index (Phi) is 9.26. The number of aromatic amines is 1. The molecule has 1 aromatic carbocycles. The van der Waals surface area contributed by atoms with E-state index in [2.05, 4.69) is 10.1 Å². The zero-order valence-corrected chi connectivity index (χ0v) is 22.6. The Bertz CT molecular complexity index is 1220. The largest absolute Gasteiger partial charge is 0.462 e. The van der Waals surface area contributed by atoms with Crippen LogP contribution >= 0.6 is 29.7 Å². The normalized spacial score (nSPS) is 26.5. The quantitative estimate of drug-likeness (QED) is 0.224. The van der Waals surface area contributed by atoms with Crippen LogP contribution in [0.3, 0.4) is 0 Å². The van der Waals surface area contributed by atoms with Gasteiger partial charge in [-0.25, -0.2) is 9.88 Å². The number of aliphatic hydroxyl groups is 1. The first kappa shape index (κ1) is 28.6. The molecule has 0 saturated carbocycles. The smallest absolute Gasteiger partial charge is 0.332 e. The molecule has 2 heterocycles. The molecule has 0 amide bonds. The number of aliphatic hydroxyl groups excluding tert-OH is 1. The Labute approximate surface area is 216 Å². The van der Waals surface area contributed by atoms with Gasteiger partial charge in [0.05, 0.1) is 12.7 Å². The van der Waals surface area contributed by atoms with Crippen molar-refractivity contribution in [1.82, 2.24) is 14.6 Å². The van der Waals surface area contributed by atoms with E-state index in [1.165, 1.54) is 20.0 Å². The van der Waals surface area contributed by atoms with E-state index >= 15 is 0 Å². The number of carbonyl (C=O) groups is 1. The number of benzene rings is 1. The zero-order valence-electron chi connectivity index (χ0n) is 20.1. The summed E-state index contributed by atoms with van der Waals surface area (Å²) in [7, 11) is 0. The van der Waals surface area contributed by atoms with Gasteiger partial charge in [0, 0.05) is 17.2 Å². The van der Waals surface area contributed by atoms with Gasteiger partial charge in [0.2, 0.25) is 0 Å². The molecule has 3 N–H and O–H groups in total. The van der Waals surface area contributed by atoms with Crippen LogP contribution in [0.4, 0.5) is 0 Å². The third-order valence-electron chi connectivity index (χ3n) is 5.26. The van der Waals surface area contributed by atoms with Gasteiger partial charge in [-0.2, -0.15) is 0 Å². The van der Waals surface area contributed by atoms with Crippen LogP contribution in [0.25, 0.3) is 0 Å². The summed E-state index contributed by atoms with van der Waals surface area (Å²) in [5.74, 6) is -0.606. The summed E-state index contributed by atoms with van der Waals surface area (Å²) in [6.45, 7) is 2.19. The van der Waals surface area contributed by atoms with Gasteiger partial charge in [0.25, 0.3) is 5.56 Å². The summed E-state index contributed by atoms with van der Waals surface area (Å²) in [5.41, 5.74) is -1.36. The third-order valence-corrected chi connectivity index (χ3v) is 9.57. The molecule has 3 rings (SSSR count). The molecule has 1 aliphatic heterocycles. The Balaban J connectivity index is 1.80. The van der Waals surface area contributed by atoms with Gasteiger partial charge in [-0.1, -0.05) is 18.2 Å². The van der Waals surface area contributed by atoms with E-state index < -0.39 is 53.3 Å². The number of hydrogen-bond donors (Lipinski definition) is 3. The second-order valence-electron chi connectivity index (χ2n) is 8.67. The Morgan fingerprint density at radius 1 is 1.31 bits per heavy atom. The summed E-state index contributed by atoms with van der Waals surface area (Å²) in [4.78, 5) is 37.3. The molecular formula is C22H29ClN3O8PS. The maximum absolute atomic E-state index is 13.8. The molecule has 0 radical (unpaired) electrons. The molecule has 2 aromatic rings. The zero-order chi connectivity index (χ0) is 26.7. The molecule has 1 fully saturated rings. The minimum Gasteiger partial charge on any atom is -0.462 e. The van der Waals surface area contributed by atoms with Crippen molar-refractivity contribution in [3.63, 3.8) is 0 Å². The summed E-state index contributed by atoms with van der Waals surface area (Å²) < 4.78 is 31.6. The second-order valence-corrected chi connectivity index (χ2v) is 13.6. The number of H-pyrrole nitrogens is 1. The highest BCUT2D eigenvalue weighted by atomic mass is 35.5. The van der Waals surface area contributed by atoms with Crippen molar-refractivity contribution in [1.29, 1.82) is 0 Å². The van der Waals surface area contributed by atoms with Crippen LogP contribution in [0.1, 0.15) is 33.9 Å². The minimum absolute atomic E-state index is 0.361. The third kappa shape index (κ3) is 6.89. The molecule has 6 atom stereocenters. The summed E-state index contributed by atoms with van der Waals surface area (Å²) in [5, 5.41) is 13.6.